The molecule has 0 aliphatic rings. The third kappa shape index (κ3) is 52.4. The SMILES string of the molecule is CCCCCCCCCC.CCCCCCCCCCCC.CCCCCCCCCCCCCCCC. The van der Waals surface area contributed by atoms with Gasteiger partial charge in [0.1, 0.15) is 0 Å². The van der Waals surface area contributed by atoms with Gasteiger partial charge in [-0.1, -0.05) is 247 Å². The minimum absolute atomic E-state index is 1.37. The quantitative estimate of drug-likeness (QED) is 0.0830. The van der Waals surface area contributed by atoms with E-state index < -0.39 is 0 Å². The largest absolute Gasteiger partial charge is 0.0654 e. The molecule has 0 bridgehead atoms. The van der Waals surface area contributed by atoms with Gasteiger partial charge in [-0.15, -0.1) is 0 Å². The van der Waals surface area contributed by atoms with Crippen LogP contribution in [0.25, 0.3) is 0 Å². The van der Waals surface area contributed by atoms with Crippen molar-refractivity contribution < 1.29 is 0 Å². The summed E-state index contributed by atoms with van der Waals surface area (Å²) in [5, 5.41) is 0. The Morgan fingerprint density at radius 2 is 0.211 bits per heavy atom. The van der Waals surface area contributed by atoms with Gasteiger partial charge in [0.05, 0.1) is 0 Å². The summed E-state index contributed by atoms with van der Waals surface area (Å²) in [4.78, 5) is 0. The van der Waals surface area contributed by atoms with Crippen molar-refractivity contribution in [2.24, 2.45) is 0 Å². The summed E-state index contributed by atoms with van der Waals surface area (Å²) >= 11 is 0. The lowest BCUT2D eigenvalue weighted by molar-refractivity contribution is 0.538. The molecule has 0 atom stereocenters. The van der Waals surface area contributed by atoms with Crippen molar-refractivity contribution in [2.45, 2.75) is 247 Å². The van der Waals surface area contributed by atoms with Crippen molar-refractivity contribution in [3.05, 3.63) is 0 Å². The van der Waals surface area contributed by atoms with Gasteiger partial charge < -0.3 is 0 Å². The minimum atomic E-state index is 1.37. The van der Waals surface area contributed by atoms with Crippen LogP contribution in [0.5, 0.6) is 0 Å². The Morgan fingerprint density at radius 3 is 0.289 bits per heavy atom. The lowest BCUT2D eigenvalue weighted by Gasteiger charge is -2.02. The lowest BCUT2D eigenvalue weighted by Crippen LogP contribution is -1.82. The van der Waals surface area contributed by atoms with Crippen molar-refractivity contribution in [3.8, 4) is 0 Å². The van der Waals surface area contributed by atoms with E-state index in [0.717, 1.165) is 0 Å². The van der Waals surface area contributed by atoms with Crippen LogP contribution in [0.2, 0.25) is 0 Å². The Balaban J connectivity index is -0.000000499. The molecule has 0 saturated heterocycles. The number of unbranched alkanes of at least 4 members (excludes halogenated alkanes) is 29. The van der Waals surface area contributed by atoms with E-state index in [0.29, 0.717) is 0 Å². The summed E-state index contributed by atoms with van der Waals surface area (Å²) in [6, 6.07) is 0. The van der Waals surface area contributed by atoms with Gasteiger partial charge in [0, 0.05) is 0 Å². The Hall–Kier alpha value is 0. The fourth-order valence-corrected chi connectivity index (χ4v) is 5.04. The first-order valence-electron chi connectivity index (χ1n) is 18.7. The van der Waals surface area contributed by atoms with Gasteiger partial charge in [-0.3, -0.25) is 0 Å². The summed E-state index contributed by atoms with van der Waals surface area (Å²) in [5.41, 5.74) is 0. The standard InChI is InChI=1S/C16H34.C12H26.C10H22/c1-3-5-7-9-11-13-15-16-14-12-10-8-6-4-2;1-3-5-7-9-11-12-10-8-6-4-2;1-3-5-7-9-10-8-6-4-2/h3-16H2,1-2H3;3-12H2,1-2H3;3-10H2,1-2H3. The third-order valence-electron chi connectivity index (χ3n) is 7.87. The molecule has 234 valence electrons. The van der Waals surface area contributed by atoms with Crippen LogP contribution in [-0.4, -0.2) is 0 Å². The molecule has 0 aromatic carbocycles. The zero-order chi connectivity index (χ0) is 28.6. The molecule has 0 rings (SSSR count). The maximum atomic E-state index is 2.29. The second-order valence-corrected chi connectivity index (χ2v) is 12.2. The number of hydrogen-bond acceptors (Lipinski definition) is 0. The van der Waals surface area contributed by atoms with Crippen molar-refractivity contribution in [3.63, 3.8) is 0 Å². The highest BCUT2D eigenvalue weighted by Gasteiger charge is 1.93. The van der Waals surface area contributed by atoms with Crippen LogP contribution in [-0.2, 0) is 0 Å². The van der Waals surface area contributed by atoms with Crippen LogP contribution in [0, 0.1) is 0 Å². The average molecular weight is 539 g/mol. The normalized spacial score (nSPS) is 10.6. The van der Waals surface area contributed by atoms with E-state index in [9.17, 15) is 0 Å². The maximum absolute atomic E-state index is 2.29. The highest BCUT2D eigenvalue weighted by atomic mass is 14.0. The minimum Gasteiger partial charge on any atom is -0.0654 e. The Bertz CT molecular complexity index is 288. The molecular formula is C38H82. The van der Waals surface area contributed by atoms with E-state index in [-0.39, 0.29) is 0 Å². The molecule has 0 heteroatoms. The first-order valence-corrected chi connectivity index (χ1v) is 18.7. The second kappa shape index (κ2) is 46.8. The van der Waals surface area contributed by atoms with Gasteiger partial charge in [-0.05, 0) is 0 Å². The summed E-state index contributed by atoms with van der Waals surface area (Å²) in [6.45, 7) is 13.7. The smallest absolute Gasteiger partial charge is 0.0533 e. The van der Waals surface area contributed by atoms with Crippen LogP contribution in [0.4, 0.5) is 0 Å². The molecule has 0 amide bonds. The predicted octanol–water partition coefficient (Wildman–Crippen LogP) is 15.6. The molecule has 0 saturated carbocycles. The van der Waals surface area contributed by atoms with Crippen LogP contribution in [0.3, 0.4) is 0 Å². The van der Waals surface area contributed by atoms with Crippen LogP contribution in [0.1, 0.15) is 247 Å². The van der Waals surface area contributed by atoms with Gasteiger partial charge >= 0.3 is 0 Å². The lowest BCUT2D eigenvalue weighted by atomic mass is 10.0. The van der Waals surface area contributed by atoms with E-state index in [1.807, 2.05) is 0 Å². The van der Waals surface area contributed by atoms with E-state index >= 15 is 0 Å². The predicted molar refractivity (Wildman–Crippen MR) is 182 cm³/mol. The summed E-state index contributed by atoms with van der Waals surface area (Å²) in [6.07, 6.45) is 46.3. The van der Waals surface area contributed by atoms with Gasteiger partial charge in [0.15, 0.2) is 0 Å². The maximum Gasteiger partial charge on any atom is -0.0533 e. The first-order chi connectivity index (χ1) is 18.7. The van der Waals surface area contributed by atoms with E-state index in [4.69, 9.17) is 0 Å². The molecule has 0 aliphatic carbocycles. The van der Waals surface area contributed by atoms with E-state index in [1.54, 1.807) is 0 Å². The molecule has 0 spiro atoms. The Morgan fingerprint density at radius 1 is 0.132 bits per heavy atom. The molecular weight excluding hydrogens is 456 g/mol. The summed E-state index contributed by atoms with van der Waals surface area (Å²) in [5.74, 6) is 0. The molecule has 0 fully saturated rings. The van der Waals surface area contributed by atoms with Gasteiger partial charge in [-0.2, -0.15) is 0 Å². The zero-order valence-electron chi connectivity index (χ0n) is 28.6. The zero-order valence-corrected chi connectivity index (χ0v) is 28.6. The highest BCUT2D eigenvalue weighted by Crippen LogP contribution is 2.13. The molecule has 0 aromatic rings. The van der Waals surface area contributed by atoms with Crippen molar-refractivity contribution >= 4 is 0 Å². The number of hydrogen-bond donors (Lipinski definition) is 0. The summed E-state index contributed by atoms with van der Waals surface area (Å²) < 4.78 is 0. The van der Waals surface area contributed by atoms with Gasteiger partial charge in [-0.25, -0.2) is 0 Å². The van der Waals surface area contributed by atoms with Crippen molar-refractivity contribution in [1.29, 1.82) is 0 Å². The fourth-order valence-electron chi connectivity index (χ4n) is 5.04. The molecule has 0 aliphatic heterocycles. The van der Waals surface area contributed by atoms with Gasteiger partial charge in [0.2, 0.25) is 0 Å². The van der Waals surface area contributed by atoms with E-state index in [2.05, 4.69) is 41.5 Å². The fraction of sp³-hybridized carbons (Fsp3) is 1.00. The van der Waals surface area contributed by atoms with Crippen LogP contribution in [0.15, 0.2) is 0 Å². The third-order valence-corrected chi connectivity index (χ3v) is 7.87. The summed E-state index contributed by atoms with van der Waals surface area (Å²) in [7, 11) is 0. The molecule has 0 unspecified atom stereocenters. The van der Waals surface area contributed by atoms with Crippen molar-refractivity contribution in [1.82, 2.24) is 0 Å². The van der Waals surface area contributed by atoms with Gasteiger partial charge in [0.25, 0.3) is 0 Å². The van der Waals surface area contributed by atoms with Crippen LogP contribution < -0.4 is 0 Å². The highest BCUT2D eigenvalue weighted by molar-refractivity contribution is 4.49. The Kier molecular flexibility index (Phi) is 52.3. The average Bonchev–Trinajstić information content (AvgIpc) is 2.93. The molecule has 0 heterocycles. The molecule has 0 radical (unpaired) electrons. The second-order valence-electron chi connectivity index (χ2n) is 12.2. The number of rotatable bonds is 29. The van der Waals surface area contributed by atoms with Crippen molar-refractivity contribution in [2.75, 3.05) is 0 Å². The molecule has 0 aromatic heterocycles. The van der Waals surface area contributed by atoms with E-state index in [1.165, 1.54) is 205 Å². The Labute approximate surface area is 246 Å². The molecule has 38 heavy (non-hydrogen) atoms. The molecule has 0 nitrogen and oxygen atoms in total. The molecule has 0 N–H and O–H groups in total. The van der Waals surface area contributed by atoms with Crippen LogP contribution >= 0.6 is 0 Å². The topological polar surface area (TPSA) is 0 Å². The first kappa shape index (κ1) is 42.5. The monoisotopic (exact) mass is 539 g/mol.